The topological polar surface area (TPSA) is 67.7 Å². The molecule has 1 aromatic heterocycles. The Labute approximate surface area is 153 Å². The Hall–Kier alpha value is -2.57. The number of benzene rings is 1. The Morgan fingerprint density at radius 3 is 2.58 bits per heavy atom. The molecule has 1 fully saturated rings. The highest BCUT2D eigenvalue weighted by atomic mass is 16.5. The Morgan fingerprint density at radius 1 is 1.27 bits per heavy atom. The first-order chi connectivity index (χ1) is 12.2. The molecule has 7 heteroatoms. The van der Waals surface area contributed by atoms with E-state index in [9.17, 15) is 9.59 Å². The molecule has 0 bridgehead atoms. The van der Waals surface area contributed by atoms with Gasteiger partial charge in [-0.25, -0.2) is 14.6 Å². The van der Waals surface area contributed by atoms with E-state index < -0.39 is 11.5 Å². The Kier molecular flexibility index (Phi) is 4.64. The zero-order valence-corrected chi connectivity index (χ0v) is 16.0. The summed E-state index contributed by atoms with van der Waals surface area (Å²) in [5.41, 5.74) is 1.54. The third kappa shape index (κ3) is 3.13. The van der Waals surface area contributed by atoms with E-state index in [4.69, 9.17) is 4.74 Å². The molecule has 0 aliphatic carbocycles. The number of esters is 1. The monoisotopic (exact) mass is 358 g/mol. The number of amides is 2. The highest BCUT2D eigenvalue weighted by Gasteiger charge is 2.44. The highest BCUT2D eigenvalue weighted by molar-refractivity contribution is 5.85. The number of aromatic nitrogens is 2. The molecule has 3 rings (SSSR count). The third-order valence-electron chi connectivity index (χ3n) is 4.90. The number of imidazole rings is 1. The minimum absolute atomic E-state index is 0.151. The molecule has 0 spiro atoms. The summed E-state index contributed by atoms with van der Waals surface area (Å²) in [6.07, 6.45) is 0. The van der Waals surface area contributed by atoms with Gasteiger partial charge in [-0.05, 0) is 17.5 Å². The lowest BCUT2D eigenvalue weighted by molar-refractivity contribution is -0.149. The van der Waals surface area contributed by atoms with Gasteiger partial charge < -0.3 is 19.1 Å². The molecule has 0 unspecified atom stereocenters. The fourth-order valence-corrected chi connectivity index (χ4v) is 3.56. The Morgan fingerprint density at radius 2 is 1.96 bits per heavy atom. The van der Waals surface area contributed by atoms with Crippen LogP contribution in [0.2, 0.25) is 0 Å². The van der Waals surface area contributed by atoms with Crippen LogP contribution in [0.5, 0.6) is 0 Å². The minimum atomic E-state index is -0.606. The molecular weight excluding hydrogens is 332 g/mol. The van der Waals surface area contributed by atoms with Gasteiger partial charge in [0.2, 0.25) is 0 Å². The SMILES string of the molecule is COC(=O)[C@@H](N1CCN(Cc2nc3ccccc3n2C)C1=O)C(C)(C)C. The number of methoxy groups -OCH3 is 1. The number of ether oxygens (including phenoxy) is 1. The molecule has 2 heterocycles. The van der Waals surface area contributed by atoms with Crippen LogP contribution >= 0.6 is 0 Å². The van der Waals surface area contributed by atoms with Crippen LogP contribution in [-0.4, -0.2) is 57.6 Å². The maximum Gasteiger partial charge on any atom is 0.329 e. The van der Waals surface area contributed by atoms with E-state index in [0.717, 1.165) is 16.9 Å². The van der Waals surface area contributed by atoms with Gasteiger partial charge in [0.05, 0.1) is 24.7 Å². The molecule has 1 atom stereocenters. The highest BCUT2D eigenvalue weighted by Crippen LogP contribution is 2.29. The number of aryl methyl sites for hydroxylation is 1. The van der Waals surface area contributed by atoms with E-state index in [1.54, 1.807) is 9.80 Å². The largest absolute Gasteiger partial charge is 0.467 e. The molecule has 1 aliphatic heterocycles. The van der Waals surface area contributed by atoms with E-state index in [-0.39, 0.29) is 12.0 Å². The maximum absolute atomic E-state index is 13.0. The third-order valence-corrected chi connectivity index (χ3v) is 4.90. The van der Waals surface area contributed by atoms with Crippen LogP contribution in [0.3, 0.4) is 0 Å². The fourth-order valence-electron chi connectivity index (χ4n) is 3.56. The standard InChI is InChI=1S/C19H26N4O3/c1-19(2,3)16(17(24)26-5)23-11-10-22(18(23)25)12-15-20-13-8-6-7-9-14(13)21(15)4/h6-9,16H,10-12H2,1-5H3/t16-/m1/s1. The van der Waals surface area contributed by atoms with Crippen LogP contribution in [0.4, 0.5) is 4.79 Å². The van der Waals surface area contributed by atoms with Crippen molar-refractivity contribution in [3.8, 4) is 0 Å². The molecule has 2 aromatic rings. The number of fused-ring (bicyclic) bond motifs is 1. The van der Waals surface area contributed by atoms with Crippen LogP contribution in [0.25, 0.3) is 11.0 Å². The molecule has 140 valence electrons. The number of carbonyl (C=O) groups is 2. The zero-order chi connectivity index (χ0) is 19.1. The summed E-state index contributed by atoms with van der Waals surface area (Å²) >= 11 is 0. The number of nitrogens with zero attached hydrogens (tertiary/aromatic N) is 4. The first-order valence-electron chi connectivity index (χ1n) is 8.77. The number of hydrogen-bond donors (Lipinski definition) is 0. The molecular formula is C19H26N4O3. The molecule has 1 aromatic carbocycles. The van der Waals surface area contributed by atoms with Crippen molar-refractivity contribution < 1.29 is 14.3 Å². The lowest BCUT2D eigenvalue weighted by Crippen LogP contribution is -2.51. The van der Waals surface area contributed by atoms with Gasteiger partial charge >= 0.3 is 12.0 Å². The second kappa shape index (κ2) is 6.63. The van der Waals surface area contributed by atoms with Gasteiger partial charge in [0.1, 0.15) is 11.9 Å². The van der Waals surface area contributed by atoms with Crippen LogP contribution < -0.4 is 0 Å². The number of carbonyl (C=O) groups excluding carboxylic acids is 2. The van der Waals surface area contributed by atoms with Gasteiger partial charge in [0, 0.05) is 20.1 Å². The van der Waals surface area contributed by atoms with Crippen molar-refractivity contribution in [1.82, 2.24) is 19.4 Å². The predicted octanol–water partition coefficient (Wildman–Crippen LogP) is 2.40. The van der Waals surface area contributed by atoms with Crippen molar-refractivity contribution in [2.24, 2.45) is 12.5 Å². The van der Waals surface area contributed by atoms with Crippen molar-refractivity contribution in [2.75, 3.05) is 20.2 Å². The van der Waals surface area contributed by atoms with Gasteiger partial charge in [0.15, 0.2) is 0 Å². The second-order valence-corrected chi connectivity index (χ2v) is 7.77. The van der Waals surface area contributed by atoms with Gasteiger partial charge in [-0.3, -0.25) is 0 Å². The number of para-hydroxylation sites is 2. The van der Waals surface area contributed by atoms with Gasteiger partial charge in [0.25, 0.3) is 0 Å². The van der Waals surface area contributed by atoms with Gasteiger partial charge in [-0.1, -0.05) is 32.9 Å². The number of rotatable bonds is 4. The minimum Gasteiger partial charge on any atom is -0.467 e. The molecule has 1 aliphatic rings. The summed E-state index contributed by atoms with van der Waals surface area (Å²) in [6.45, 7) is 7.30. The molecule has 2 amide bonds. The lowest BCUT2D eigenvalue weighted by atomic mass is 9.86. The van der Waals surface area contributed by atoms with Crippen LogP contribution in [0.1, 0.15) is 26.6 Å². The van der Waals surface area contributed by atoms with Crippen LogP contribution in [-0.2, 0) is 23.1 Å². The Bertz CT molecular complexity index is 837. The average molecular weight is 358 g/mol. The fraction of sp³-hybridized carbons (Fsp3) is 0.526. The van der Waals surface area contributed by atoms with Crippen molar-refractivity contribution >= 4 is 23.0 Å². The first-order valence-corrected chi connectivity index (χ1v) is 8.77. The summed E-state index contributed by atoms with van der Waals surface area (Å²) in [5, 5.41) is 0. The van der Waals surface area contributed by atoms with Crippen molar-refractivity contribution in [1.29, 1.82) is 0 Å². The van der Waals surface area contributed by atoms with Crippen molar-refractivity contribution in [3.05, 3.63) is 30.1 Å². The van der Waals surface area contributed by atoms with Crippen molar-refractivity contribution in [2.45, 2.75) is 33.4 Å². The quantitative estimate of drug-likeness (QED) is 0.787. The summed E-state index contributed by atoms with van der Waals surface area (Å²) in [6, 6.07) is 7.14. The van der Waals surface area contributed by atoms with Crippen LogP contribution in [0.15, 0.2) is 24.3 Å². The van der Waals surface area contributed by atoms with Crippen molar-refractivity contribution in [3.63, 3.8) is 0 Å². The predicted molar refractivity (Wildman–Crippen MR) is 98.5 cm³/mol. The summed E-state index contributed by atoms with van der Waals surface area (Å²) in [7, 11) is 3.31. The molecule has 26 heavy (non-hydrogen) atoms. The zero-order valence-electron chi connectivity index (χ0n) is 16.0. The smallest absolute Gasteiger partial charge is 0.329 e. The van der Waals surface area contributed by atoms with Gasteiger partial charge in [-0.15, -0.1) is 0 Å². The molecule has 0 radical (unpaired) electrons. The summed E-state index contributed by atoms with van der Waals surface area (Å²) < 4.78 is 6.95. The van der Waals surface area contributed by atoms with Crippen LogP contribution in [0, 0.1) is 5.41 Å². The van der Waals surface area contributed by atoms with E-state index in [2.05, 4.69) is 4.98 Å². The number of urea groups is 1. The van der Waals surface area contributed by atoms with E-state index in [0.29, 0.717) is 19.6 Å². The van der Waals surface area contributed by atoms with E-state index in [1.165, 1.54) is 7.11 Å². The molecule has 1 saturated heterocycles. The normalized spacial score (nSPS) is 16.4. The lowest BCUT2D eigenvalue weighted by Gasteiger charge is -2.35. The first kappa shape index (κ1) is 18.2. The maximum atomic E-state index is 13.0. The summed E-state index contributed by atoms with van der Waals surface area (Å²) in [4.78, 5) is 33.2. The van der Waals surface area contributed by atoms with E-state index in [1.807, 2.05) is 56.7 Å². The molecule has 0 N–H and O–H groups in total. The Balaban J connectivity index is 1.82. The average Bonchev–Trinajstić information content (AvgIpc) is 3.09. The molecule has 7 nitrogen and oxygen atoms in total. The summed E-state index contributed by atoms with van der Waals surface area (Å²) in [5.74, 6) is 0.446. The van der Waals surface area contributed by atoms with Gasteiger partial charge in [-0.2, -0.15) is 0 Å². The second-order valence-electron chi connectivity index (χ2n) is 7.77. The number of hydrogen-bond acceptors (Lipinski definition) is 4. The molecule has 0 saturated carbocycles. The van der Waals surface area contributed by atoms with E-state index >= 15 is 0 Å².